The van der Waals surface area contributed by atoms with Crippen LogP contribution in [0.1, 0.15) is 78.8 Å². The Morgan fingerprint density at radius 3 is 2.33 bits per heavy atom. The minimum absolute atomic E-state index is 0.0736. The van der Waals surface area contributed by atoms with Gasteiger partial charge < -0.3 is 35.0 Å². The van der Waals surface area contributed by atoms with Crippen LogP contribution in [0.25, 0.3) is 0 Å². The molecule has 0 spiro atoms. The van der Waals surface area contributed by atoms with Gasteiger partial charge in [0.1, 0.15) is 29.2 Å². The number of ether oxygens (including phenoxy) is 3. The highest BCUT2D eigenvalue weighted by atomic mass is 32.2. The van der Waals surface area contributed by atoms with E-state index in [1.54, 1.807) is 41.5 Å². The molecule has 2 saturated heterocycles. The third-order valence-electron chi connectivity index (χ3n) is 8.20. The third kappa shape index (κ3) is 10.0. The zero-order valence-corrected chi connectivity index (χ0v) is 34.1. The Morgan fingerprint density at radius 2 is 1.74 bits per heavy atom. The van der Waals surface area contributed by atoms with Gasteiger partial charge in [0.25, 0.3) is 5.69 Å². The van der Waals surface area contributed by atoms with Gasteiger partial charge in [-0.05, 0) is 73.1 Å². The van der Waals surface area contributed by atoms with Crippen LogP contribution in [0, 0.1) is 16.0 Å². The predicted octanol–water partition coefficient (Wildman–Crippen LogP) is 3.68. The van der Waals surface area contributed by atoms with Gasteiger partial charge in [-0.1, -0.05) is 22.1 Å². The molecule has 57 heavy (non-hydrogen) atoms. The number of Topliss-reactive ketones (excluding diaryl/α,β-unsaturated/α-hetero) is 1. The lowest BCUT2D eigenvalue weighted by Crippen LogP contribution is -2.57. The Hall–Kier alpha value is -5.64. The van der Waals surface area contributed by atoms with Crippen LogP contribution >= 0.6 is 23.1 Å². The van der Waals surface area contributed by atoms with Crippen LogP contribution in [0.4, 0.5) is 15.6 Å². The molecule has 5 rings (SSSR count). The first-order valence-electron chi connectivity index (χ1n) is 17.5. The second-order valence-corrected chi connectivity index (χ2v) is 17.9. The number of amides is 2. The van der Waals surface area contributed by atoms with E-state index in [1.165, 1.54) is 59.3 Å². The molecular weight excluding hydrogens is 787 g/mol. The van der Waals surface area contributed by atoms with E-state index < -0.39 is 67.6 Å². The number of benzene rings is 1. The summed E-state index contributed by atoms with van der Waals surface area (Å²) in [6.07, 6.45) is 0.346. The number of thiazole rings is 1. The molecule has 2 aliphatic rings. The number of carbonyl (C=O) groups excluding carboxylic acids is 5. The maximum Gasteiger partial charge on any atom is 0.407 e. The second kappa shape index (κ2) is 16.1. The molecule has 1 aromatic carbocycles. The molecule has 3 atom stereocenters. The van der Waals surface area contributed by atoms with Crippen LogP contribution in [-0.2, 0) is 56.2 Å². The van der Waals surface area contributed by atoms with Crippen LogP contribution in [0.15, 0.2) is 41.0 Å². The molecule has 2 fully saturated rings. The Labute approximate surface area is 334 Å². The summed E-state index contributed by atoms with van der Waals surface area (Å²) in [7, 11) is 0. The Kier molecular flexibility index (Phi) is 12.0. The van der Waals surface area contributed by atoms with E-state index in [1.807, 2.05) is 0 Å². The lowest BCUT2D eigenvalue weighted by molar-refractivity contribution is -0.384. The van der Waals surface area contributed by atoms with Crippen molar-refractivity contribution in [2.24, 2.45) is 11.1 Å². The van der Waals surface area contributed by atoms with Crippen molar-refractivity contribution >= 4 is 69.4 Å². The number of alkyl carbamates (subject to hydrolysis) is 1. The number of anilines is 1. The summed E-state index contributed by atoms with van der Waals surface area (Å²) in [5.74, 6) is -3.57. The van der Waals surface area contributed by atoms with Crippen LogP contribution in [0.5, 0.6) is 0 Å². The summed E-state index contributed by atoms with van der Waals surface area (Å²) in [5.41, 5.74) is 3.04. The SMILES string of the molecule is CC(C)(C)OC(=O)NCc1cn([C@]2(C(=O)OCc3ccc([N+](=O)[O-])cc3)CN3C(=O)C(CC(=O)/C(=N\OC(C)(C)C(=O)OC(C)(C)C)c4csc(N)n4)[C@H]3S2)nn1. The molecule has 2 aliphatic heterocycles. The molecular formula is C35H43N9O11S2. The Morgan fingerprint density at radius 1 is 1.07 bits per heavy atom. The third-order valence-corrected chi connectivity index (χ3v) is 10.6. The standard InChI is InChI=1S/C35H43N9O11S2/c1-32(2,3)53-28(47)34(7,8)55-40-25(23-17-56-30(36)38-23)24(45)13-22-26(46)42-18-35(57-27(22)42,29(48)52-16-19-9-11-21(12-10-19)44(50)51)43-15-20(39-41-43)14-37-31(49)54-33(4,5)6/h9-12,15,17,22,27H,13-14,16,18H2,1-8H3,(H2,36,38)(H,37,49)/b40-25-/t22?,27-,35-/m1/s1. The molecule has 3 aromatic rings. The summed E-state index contributed by atoms with van der Waals surface area (Å²) >= 11 is 2.07. The highest BCUT2D eigenvalue weighted by Crippen LogP contribution is 2.53. The van der Waals surface area contributed by atoms with Crippen molar-refractivity contribution in [3.8, 4) is 0 Å². The van der Waals surface area contributed by atoms with E-state index in [4.69, 9.17) is 24.8 Å². The molecule has 20 nitrogen and oxygen atoms in total. The van der Waals surface area contributed by atoms with E-state index in [-0.39, 0.29) is 54.0 Å². The van der Waals surface area contributed by atoms with Crippen molar-refractivity contribution < 1.29 is 47.9 Å². The number of aromatic nitrogens is 4. The number of nitrogen functional groups attached to an aromatic ring is 1. The number of oxime groups is 1. The van der Waals surface area contributed by atoms with Gasteiger partial charge in [-0.15, -0.1) is 16.4 Å². The maximum absolute atomic E-state index is 14.1. The number of nitrogens with two attached hydrogens (primary N) is 1. The van der Waals surface area contributed by atoms with E-state index in [9.17, 15) is 34.1 Å². The number of ketones is 1. The zero-order valence-electron chi connectivity index (χ0n) is 32.5. The first-order chi connectivity index (χ1) is 26.5. The van der Waals surface area contributed by atoms with Gasteiger partial charge >= 0.3 is 18.0 Å². The minimum Gasteiger partial charge on any atom is -0.458 e. The number of hydrogen-bond acceptors (Lipinski definition) is 18. The molecule has 2 amide bonds. The van der Waals surface area contributed by atoms with Crippen LogP contribution in [-0.4, -0.2) is 94.0 Å². The van der Waals surface area contributed by atoms with Gasteiger partial charge in [0.15, 0.2) is 16.6 Å². The molecule has 1 unspecified atom stereocenters. The van der Waals surface area contributed by atoms with Gasteiger partial charge in [-0.25, -0.2) is 24.0 Å². The van der Waals surface area contributed by atoms with Crippen molar-refractivity contribution in [1.29, 1.82) is 0 Å². The number of non-ortho nitro benzene ring substituents is 1. The molecule has 4 heterocycles. The number of nitro benzene ring substituents is 1. The largest absolute Gasteiger partial charge is 0.458 e. The number of β-lactam (4-membered cyclic amide) rings is 1. The molecule has 2 aromatic heterocycles. The summed E-state index contributed by atoms with van der Waals surface area (Å²) in [4.78, 5) is 86.8. The molecule has 3 N–H and O–H groups in total. The van der Waals surface area contributed by atoms with Gasteiger partial charge in [0.05, 0.1) is 35.5 Å². The number of nitrogens with one attached hydrogen (secondary N) is 1. The molecule has 0 aliphatic carbocycles. The Bertz CT molecular complexity index is 2090. The van der Waals surface area contributed by atoms with E-state index in [0.29, 0.717) is 5.56 Å². The van der Waals surface area contributed by atoms with Crippen molar-refractivity contribution in [3.63, 3.8) is 0 Å². The highest BCUT2D eigenvalue weighted by Gasteiger charge is 2.64. The number of hydrogen-bond donors (Lipinski definition) is 2. The van der Waals surface area contributed by atoms with Crippen molar-refractivity contribution in [1.82, 2.24) is 30.2 Å². The summed E-state index contributed by atoms with van der Waals surface area (Å²) in [6.45, 7) is 12.5. The summed E-state index contributed by atoms with van der Waals surface area (Å²) < 4.78 is 17.7. The average Bonchev–Trinajstić information content (AvgIpc) is 3.86. The zero-order chi connectivity index (χ0) is 42.1. The number of fused-ring (bicyclic) bond motifs is 1. The van der Waals surface area contributed by atoms with Crippen LogP contribution in [0.2, 0.25) is 0 Å². The van der Waals surface area contributed by atoms with E-state index in [0.717, 1.165) is 23.1 Å². The average molecular weight is 830 g/mol. The molecule has 0 bridgehead atoms. The van der Waals surface area contributed by atoms with E-state index in [2.05, 4.69) is 25.8 Å². The maximum atomic E-state index is 14.1. The van der Waals surface area contributed by atoms with Crippen molar-refractivity contribution in [2.45, 2.75) is 102 Å². The molecule has 0 radical (unpaired) electrons. The van der Waals surface area contributed by atoms with Gasteiger partial charge in [-0.2, -0.15) is 0 Å². The van der Waals surface area contributed by atoms with Gasteiger partial charge in [0.2, 0.25) is 16.4 Å². The molecule has 306 valence electrons. The normalized spacial score (nSPS) is 19.6. The molecule has 22 heteroatoms. The topological polar surface area (TPSA) is 263 Å². The number of thioether (sulfide) groups is 1. The highest BCUT2D eigenvalue weighted by molar-refractivity contribution is 8.01. The fourth-order valence-corrected chi connectivity index (χ4v) is 7.63. The summed E-state index contributed by atoms with van der Waals surface area (Å²) in [5, 5.41) is 26.9. The van der Waals surface area contributed by atoms with Gasteiger partial charge in [0, 0.05) is 23.9 Å². The lowest BCUT2D eigenvalue weighted by Gasteiger charge is -2.40. The van der Waals surface area contributed by atoms with Crippen molar-refractivity contribution in [2.75, 3.05) is 12.3 Å². The Balaban J connectivity index is 1.38. The van der Waals surface area contributed by atoms with Crippen LogP contribution < -0.4 is 11.1 Å². The smallest absolute Gasteiger partial charge is 0.407 e. The first kappa shape index (κ1) is 42.5. The van der Waals surface area contributed by atoms with Gasteiger partial charge in [-0.3, -0.25) is 19.7 Å². The number of carbonyl (C=O) groups is 5. The number of nitro groups is 1. The first-order valence-corrected chi connectivity index (χ1v) is 19.3. The quantitative estimate of drug-likeness (QED) is 0.0586. The number of esters is 2. The predicted molar refractivity (Wildman–Crippen MR) is 204 cm³/mol. The fourth-order valence-electron chi connectivity index (χ4n) is 5.44. The van der Waals surface area contributed by atoms with E-state index >= 15 is 0 Å². The second-order valence-electron chi connectivity index (χ2n) is 15.6. The number of rotatable bonds is 14. The van der Waals surface area contributed by atoms with Crippen LogP contribution in [0.3, 0.4) is 0 Å². The summed E-state index contributed by atoms with van der Waals surface area (Å²) in [6, 6.07) is 5.44. The minimum atomic E-state index is -1.70. The molecule has 0 saturated carbocycles. The fraction of sp³-hybridized carbons (Fsp3) is 0.514. The lowest BCUT2D eigenvalue weighted by atomic mass is 9.90. The monoisotopic (exact) mass is 829 g/mol. The number of nitrogens with zero attached hydrogens (tertiary/aromatic N) is 7. The van der Waals surface area contributed by atoms with Crippen molar-refractivity contribution in [3.05, 3.63) is 62.9 Å².